The largest absolute Gasteiger partial charge is 0.465 e. The van der Waals surface area contributed by atoms with Gasteiger partial charge >= 0.3 is 5.97 Å². The third-order valence-corrected chi connectivity index (χ3v) is 3.58. The zero-order valence-corrected chi connectivity index (χ0v) is 9.79. The van der Waals surface area contributed by atoms with Crippen molar-refractivity contribution in [2.24, 2.45) is 0 Å². The average Bonchev–Trinajstić information content (AvgIpc) is 2.14. The Bertz CT molecular complexity index is 287. The van der Waals surface area contributed by atoms with Crippen LogP contribution >= 0.6 is 0 Å². The van der Waals surface area contributed by atoms with Crippen LogP contribution in [0.5, 0.6) is 0 Å². The summed E-state index contributed by atoms with van der Waals surface area (Å²) in [7, 11) is -3.55. The van der Waals surface area contributed by atoms with Gasteiger partial charge in [0.1, 0.15) is 6.54 Å². The van der Waals surface area contributed by atoms with Gasteiger partial charge in [-0.25, -0.2) is 8.42 Å². The zero-order valence-electron chi connectivity index (χ0n) is 8.97. The van der Waals surface area contributed by atoms with E-state index < -0.39 is 22.6 Å². The number of aliphatic hydroxyl groups excluding tert-OH is 1. The smallest absolute Gasteiger partial charge is 0.321 e. The average molecular weight is 239 g/mol. The summed E-state index contributed by atoms with van der Waals surface area (Å²) in [5, 5.41) is 8.56. The molecule has 0 aromatic rings. The fourth-order valence-corrected chi connectivity index (χ4v) is 2.19. The summed E-state index contributed by atoms with van der Waals surface area (Å²) < 4.78 is 28.5. The van der Waals surface area contributed by atoms with Gasteiger partial charge in [0.15, 0.2) is 0 Å². The minimum atomic E-state index is -3.55. The number of aliphatic hydroxyl groups is 1. The molecule has 0 aliphatic rings. The van der Waals surface area contributed by atoms with Crippen molar-refractivity contribution < 1.29 is 23.1 Å². The van der Waals surface area contributed by atoms with Gasteiger partial charge in [-0.2, -0.15) is 4.31 Å². The molecule has 15 heavy (non-hydrogen) atoms. The first-order valence-electron chi connectivity index (χ1n) is 4.72. The van der Waals surface area contributed by atoms with Crippen molar-refractivity contribution in [3.63, 3.8) is 0 Å². The zero-order chi connectivity index (χ0) is 11.9. The van der Waals surface area contributed by atoms with Gasteiger partial charge in [-0.05, 0) is 6.92 Å². The molecule has 7 heteroatoms. The second kappa shape index (κ2) is 6.76. The quantitative estimate of drug-likeness (QED) is 0.588. The number of carbonyl (C=O) groups is 1. The Morgan fingerprint density at radius 2 is 2.00 bits per heavy atom. The second-order valence-electron chi connectivity index (χ2n) is 2.77. The summed E-state index contributed by atoms with van der Waals surface area (Å²) in [6, 6.07) is 0. The molecule has 0 fully saturated rings. The Hall–Kier alpha value is -0.660. The first kappa shape index (κ1) is 14.3. The van der Waals surface area contributed by atoms with Crippen LogP contribution < -0.4 is 0 Å². The van der Waals surface area contributed by atoms with E-state index in [2.05, 4.69) is 4.74 Å². The molecular formula is C8H17NO5S. The predicted molar refractivity (Wildman–Crippen MR) is 54.8 cm³/mol. The highest BCUT2D eigenvalue weighted by atomic mass is 32.2. The van der Waals surface area contributed by atoms with E-state index in [1.165, 1.54) is 0 Å². The highest BCUT2D eigenvalue weighted by Crippen LogP contribution is 2.01. The minimum Gasteiger partial charge on any atom is -0.465 e. The highest BCUT2D eigenvalue weighted by Gasteiger charge is 2.22. The van der Waals surface area contributed by atoms with Crippen molar-refractivity contribution in [3.8, 4) is 0 Å². The lowest BCUT2D eigenvalue weighted by atomic mass is 10.6. The van der Waals surface area contributed by atoms with E-state index in [9.17, 15) is 13.2 Å². The number of ether oxygens (including phenoxy) is 1. The molecule has 90 valence electrons. The lowest BCUT2D eigenvalue weighted by Gasteiger charge is -2.18. The van der Waals surface area contributed by atoms with Gasteiger partial charge in [-0.1, -0.05) is 6.92 Å². The SMILES string of the molecule is CCOC(=O)CN(CC)S(=O)(=O)CCO. The van der Waals surface area contributed by atoms with Gasteiger partial charge < -0.3 is 9.84 Å². The molecule has 0 heterocycles. The van der Waals surface area contributed by atoms with E-state index in [4.69, 9.17) is 5.11 Å². The number of sulfonamides is 1. The molecule has 0 saturated carbocycles. The number of hydrogen-bond acceptors (Lipinski definition) is 5. The van der Waals surface area contributed by atoms with Crippen molar-refractivity contribution >= 4 is 16.0 Å². The van der Waals surface area contributed by atoms with E-state index in [-0.39, 0.29) is 25.4 Å². The molecule has 0 amide bonds. The maximum Gasteiger partial charge on any atom is 0.321 e. The van der Waals surface area contributed by atoms with Crippen LogP contribution in [0.25, 0.3) is 0 Å². The number of likely N-dealkylation sites (N-methyl/N-ethyl adjacent to an activating group) is 1. The second-order valence-corrected chi connectivity index (χ2v) is 4.86. The summed E-state index contributed by atoms with van der Waals surface area (Å²) in [5.41, 5.74) is 0. The number of esters is 1. The maximum absolute atomic E-state index is 11.5. The van der Waals surface area contributed by atoms with E-state index in [1.807, 2.05) is 0 Å². The standard InChI is InChI=1S/C8H17NO5S/c1-3-9(7-8(11)14-4-2)15(12,13)6-5-10/h10H,3-7H2,1-2H3. The molecular weight excluding hydrogens is 222 g/mol. The molecule has 0 radical (unpaired) electrons. The van der Waals surface area contributed by atoms with Crippen molar-refractivity contribution in [2.45, 2.75) is 13.8 Å². The van der Waals surface area contributed by atoms with Crippen LogP contribution in [0, 0.1) is 0 Å². The third kappa shape index (κ3) is 5.10. The molecule has 0 saturated heterocycles. The fraction of sp³-hybridized carbons (Fsp3) is 0.875. The normalized spacial score (nSPS) is 11.7. The number of nitrogens with zero attached hydrogens (tertiary/aromatic N) is 1. The van der Waals surface area contributed by atoms with Gasteiger partial charge in [0.2, 0.25) is 10.0 Å². The van der Waals surface area contributed by atoms with Gasteiger partial charge in [-0.3, -0.25) is 4.79 Å². The lowest BCUT2D eigenvalue weighted by Crippen LogP contribution is -2.38. The molecule has 0 spiro atoms. The van der Waals surface area contributed by atoms with Gasteiger partial charge in [0.05, 0.1) is 19.0 Å². The fourth-order valence-electron chi connectivity index (χ4n) is 1.00. The minimum absolute atomic E-state index is 0.182. The Kier molecular flexibility index (Phi) is 6.46. The number of rotatable bonds is 7. The Morgan fingerprint density at radius 1 is 1.40 bits per heavy atom. The van der Waals surface area contributed by atoms with Crippen LogP contribution in [-0.4, -0.2) is 55.9 Å². The molecule has 0 aromatic carbocycles. The van der Waals surface area contributed by atoms with Crippen LogP contribution in [0.15, 0.2) is 0 Å². The van der Waals surface area contributed by atoms with Crippen LogP contribution in [0.4, 0.5) is 0 Å². The van der Waals surface area contributed by atoms with Gasteiger partial charge in [-0.15, -0.1) is 0 Å². The van der Waals surface area contributed by atoms with E-state index in [0.717, 1.165) is 4.31 Å². The first-order valence-corrected chi connectivity index (χ1v) is 6.33. The topological polar surface area (TPSA) is 83.9 Å². The summed E-state index contributed by atoms with van der Waals surface area (Å²) in [6.45, 7) is 2.91. The van der Waals surface area contributed by atoms with Crippen LogP contribution in [0.3, 0.4) is 0 Å². The molecule has 0 unspecified atom stereocenters. The summed E-state index contributed by atoms with van der Waals surface area (Å²) >= 11 is 0. The summed E-state index contributed by atoms with van der Waals surface area (Å²) in [4.78, 5) is 11.1. The number of carbonyl (C=O) groups excluding carboxylic acids is 1. The van der Waals surface area contributed by atoms with E-state index >= 15 is 0 Å². The number of hydrogen-bond donors (Lipinski definition) is 1. The molecule has 0 atom stereocenters. The molecule has 0 aromatic heterocycles. The highest BCUT2D eigenvalue weighted by molar-refractivity contribution is 7.89. The molecule has 0 bridgehead atoms. The molecule has 0 rings (SSSR count). The Balaban J connectivity index is 4.43. The third-order valence-electron chi connectivity index (χ3n) is 1.71. The molecule has 1 N–H and O–H groups in total. The van der Waals surface area contributed by atoms with Gasteiger partial charge in [0.25, 0.3) is 0 Å². The van der Waals surface area contributed by atoms with Crippen molar-refractivity contribution in [1.82, 2.24) is 4.31 Å². The van der Waals surface area contributed by atoms with Crippen molar-refractivity contribution in [3.05, 3.63) is 0 Å². The Labute approximate surface area is 89.9 Å². The first-order chi connectivity index (χ1) is 6.97. The lowest BCUT2D eigenvalue weighted by molar-refractivity contribution is -0.143. The predicted octanol–water partition coefficient (Wildman–Crippen LogP) is -0.806. The molecule has 0 aliphatic heterocycles. The molecule has 6 nitrogen and oxygen atoms in total. The van der Waals surface area contributed by atoms with E-state index in [0.29, 0.717) is 0 Å². The van der Waals surface area contributed by atoms with E-state index in [1.54, 1.807) is 13.8 Å². The maximum atomic E-state index is 11.5. The van der Waals surface area contributed by atoms with Gasteiger partial charge in [0, 0.05) is 6.54 Å². The summed E-state index contributed by atoms with van der Waals surface area (Å²) in [5.74, 6) is -0.957. The summed E-state index contributed by atoms with van der Waals surface area (Å²) in [6.07, 6.45) is 0. The van der Waals surface area contributed by atoms with Crippen LogP contribution in [0.1, 0.15) is 13.8 Å². The van der Waals surface area contributed by atoms with Crippen LogP contribution in [-0.2, 0) is 19.6 Å². The molecule has 0 aliphatic carbocycles. The van der Waals surface area contributed by atoms with Crippen molar-refractivity contribution in [1.29, 1.82) is 0 Å². The Morgan fingerprint density at radius 3 is 2.40 bits per heavy atom. The van der Waals surface area contributed by atoms with Crippen molar-refractivity contribution in [2.75, 3.05) is 32.1 Å². The monoisotopic (exact) mass is 239 g/mol. The van der Waals surface area contributed by atoms with Crippen LogP contribution in [0.2, 0.25) is 0 Å².